The number of aliphatic hydroxyl groups excluding tert-OH is 6. The predicted octanol–water partition coefficient (Wildman–Crippen LogP) is 0.848. The molecule has 0 spiro atoms. The maximum atomic E-state index is 13.6. The number of phenolic OH excluding ortho intramolecular Hbond substituents is 6. The van der Waals surface area contributed by atoms with Crippen LogP contribution in [0.15, 0.2) is 54.6 Å². The summed E-state index contributed by atoms with van der Waals surface area (Å²) in [6.07, 6.45) is -15.4. The summed E-state index contributed by atoms with van der Waals surface area (Å²) in [4.78, 5) is 119. The monoisotopic (exact) mass is 1700 g/mol. The summed E-state index contributed by atoms with van der Waals surface area (Å²) >= 11 is 0. The Kier molecular flexibility index (Phi) is 25.9. The minimum atomic E-state index is -2.24. The first-order valence-corrected chi connectivity index (χ1v) is 37.2. The Balaban J connectivity index is 0.000000173. The zero-order valence-electron chi connectivity index (χ0n) is 64.4. The molecular weight excluding hydrogens is 1610 g/mol. The minimum absolute atomic E-state index is 0. The largest absolute Gasteiger partial charge is 0.507 e. The van der Waals surface area contributed by atoms with Crippen molar-refractivity contribution in [2.75, 3.05) is 41.2 Å². The number of nitrogens with two attached hydrogens (primary N) is 3. The van der Waals surface area contributed by atoms with Crippen LogP contribution in [0.4, 0.5) is 0 Å². The molecule has 36 nitrogen and oxygen atoms in total. The van der Waals surface area contributed by atoms with E-state index < -0.39 is 287 Å². The van der Waals surface area contributed by atoms with E-state index in [0.29, 0.717) is 0 Å². The summed E-state index contributed by atoms with van der Waals surface area (Å²) in [6.45, 7) is 1.68. The smallest absolute Gasteiger partial charge is 0.202 e. The number of carbonyl (C=O) groups is 9. The molecule has 9 aliphatic rings. The zero-order chi connectivity index (χ0) is 85.2. The van der Waals surface area contributed by atoms with E-state index in [2.05, 4.69) is 0 Å². The van der Waals surface area contributed by atoms with Crippen molar-refractivity contribution in [1.82, 2.24) is 0 Å². The zero-order valence-corrected chi connectivity index (χ0v) is 66.1. The first-order valence-electron chi connectivity index (χ1n) is 37.2. The first kappa shape index (κ1) is 90.2. The lowest BCUT2D eigenvalue weighted by Gasteiger charge is -2.42. The Morgan fingerprint density at radius 2 is 0.613 bits per heavy atom. The molecule has 21 N–H and O–H groups in total. The number of benzene rings is 6. The molecule has 6 aromatic rings. The van der Waals surface area contributed by atoms with E-state index in [4.69, 9.17) is 59.8 Å². The number of ether oxygens (including phenoxy) is 9. The maximum Gasteiger partial charge on any atom is 0.202 e. The van der Waals surface area contributed by atoms with Crippen molar-refractivity contribution in [2.45, 2.75) is 187 Å². The van der Waals surface area contributed by atoms with Gasteiger partial charge in [-0.2, -0.15) is 0 Å². The van der Waals surface area contributed by atoms with Crippen LogP contribution >= 0.6 is 24.8 Å². The summed E-state index contributed by atoms with van der Waals surface area (Å²) in [5.74, 6) is -11.3. The summed E-state index contributed by atoms with van der Waals surface area (Å²) in [6, 6.07) is 10.9. The summed E-state index contributed by atoms with van der Waals surface area (Å²) in [5.41, 5.74) is 7.12. The van der Waals surface area contributed by atoms with Gasteiger partial charge in [-0.25, -0.2) is 0 Å². The van der Waals surface area contributed by atoms with Crippen molar-refractivity contribution in [3.05, 3.63) is 155 Å². The SMILES string of the molecule is COc1cccc2c1C(=O)c1c(O)c3c(c(O)c1C2=O)C[C@@](O)(C(=O)CO)C[C@@H]3O[C@H]1C[C@H](N)[C@H](O)[C@H](C)O1.COc1cccc2c1C(=O)c1c(O)c3c(c(O)c1C2=O)C[C@@](O)(C(=O)CO)C[C@@H]3O[C@H]1C[C@H](N)[C@H](O)[C@H](C)O1.COc1cccc2c1C(=O)c1c(O)c3c(c(O)c1C2=O)C[C@@](O)(C(=O)CO)C[C@@H]3O[C@H]1C[C@H](N)[C@H](O)[C@H](C)O1.Cl.Cl. The number of phenols is 6. The van der Waals surface area contributed by atoms with Gasteiger partial charge in [0.15, 0.2) is 53.6 Å². The van der Waals surface area contributed by atoms with Crippen LogP contribution in [0, 0.1) is 0 Å². The summed E-state index contributed by atoms with van der Waals surface area (Å²) < 4.78 is 51.0. The van der Waals surface area contributed by atoms with Crippen molar-refractivity contribution >= 4 is 76.9 Å². The molecule has 6 aromatic carbocycles. The van der Waals surface area contributed by atoms with Crippen LogP contribution in [0.25, 0.3) is 0 Å². The molecule has 0 radical (unpaired) electrons. The predicted molar refractivity (Wildman–Crippen MR) is 410 cm³/mol. The molecule has 0 saturated carbocycles. The van der Waals surface area contributed by atoms with Crippen LogP contribution < -0.4 is 31.4 Å². The number of carbonyl (C=O) groups excluding carboxylic acids is 9. The fourth-order valence-corrected chi connectivity index (χ4v) is 17.3. The quantitative estimate of drug-likeness (QED) is 0.0633. The molecule has 119 heavy (non-hydrogen) atoms. The highest BCUT2D eigenvalue weighted by molar-refractivity contribution is 6.33. The summed E-state index contributed by atoms with van der Waals surface area (Å²) in [5, 5.41) is 161. The third-order valence-electron chi connectivity index (χ3n) is 23.4. The molecule has 38 heteroatoms. The maximum absolute atomic E-state index is 13.6. The minimum Gasteiger partial charge on any atom is -0.507 e. The van der Waals surface area contributed by atoms with E-state index in [0.717, 1.165) is 0 Å². The van der Waals surface area contributed by atoms with Gasteiger partial charge < -0.3 is 136 Å². The molecular formula is C81H89Cl2N3O33. The second-order valence-corrected chi connectivity index (χ2v) is 30.5. The van der Waals surface area contributed by atoms with Gasteiger partial charge in [0.25, 0.3) is 0 Å². The standard InChI is InChI=1S/3C27H29NO11.2ClH/c3*1-10-22(31)13(28)6-17(38-10)39-15-8-27(36,16(30)9-29)7-12-19(15)26(35)21-20(24(12)33)23(32)11-4-3-5-14(37-2)18(11)25(21)34;;/h3*3-5,10,13,15,17,22,29,31,33,35-36H,6-9,28H2,1-2H3;2*1H/t3*10-,13-,15-,17-,22+,27-;;/m000../s1. The van der Waals surface area contributed by atoms with Crippen LogP contribution in [0.2, 0.25) is 0 Å². The Bertz CT molecular complexity index is 4640. The molecule has 3 saturated heterocycles. The Labute approximate surface area is 688 Å². The number of methoxy groups -OCH3 is 3. The van der Waals surface area contributed by atoms with Crippen LogP contribution in [0.5, 0.6) is 51.7 Å². The summed E-state index contributed by atoms with van der Waals surface area (Å²) in [7, 11) is 3.97. The number of rotatable bonds is 15. The van der Waals surface area contributed by atoms with Crippen LogP contribution in [-0.4, -0.2) is 260 Å². The topological polar surface area (TPSA) is 618 Å². The highest BCUT2D eigenvalue weighted by Crippen LogP contribution is 2.57. The van der Waals surface area contributed by atoms with Gasteiger partial charge in [-0.3, -0.25) is 43.2 Å². The highest BCUT2D eigenvalue weighted by atomic mass is 35.5. The van der Waals surface area contributed by atoms with Gasteiger partial charge in [0.1, 0.15) is 88.4 Å². The van der Waals surface area contributed by atoms with Gasteiger partial charge in [0.2, 0.25) is 17.3 Å². The lowest BCUT2D eigenvalue weighted by Crippen LogP contribution is -2.53. The number of fused-ring (bicyclic) bond motifs is 9. The number of aliphatic hydroxyl groups is 9. The number of Topliss-reactive ketones (excluding diaryl/α,β-unsaturated/α-hetero) is 3. The van der Waals surface area contributed by atoms with Crippen LogP contribution in [-0.2, 0) is 62.1 Å². The lowest BCUT2D eigenvalue weighted by molar-refractivity contribution is -0.247. The molecule has 0 aromatic heterocycles. The van der Waals surface area contributed by atoms with E-state index in [1.807, 2.05) is 0 Å². The first-order chi connectivity index (χ1) is 55.3. The van der Waals surface area contributed by atoms with Gasteiger partial charge in [-0.1, -0.05) is 36.4 Å². The van der Waals surface area contributed by atoms with Crippen LogP contribution in [0.1, 0.15) is 207 Å². The molecule has 0 bridgehead atoms. The van der Waals surface area contributed by atoms with E-state index in [-0.39, 0.29) is 128 Å². The van der Waals surface area contributed by atoms with E-state index >= 15 is 0 Å². The molecule has 6 aliphatic carbocycles. The number of halogens is 2. The molecule has 15 rings (SSSR count). The Morgan fingerprint density at radius 3 is 0.824 bits per heavy atom. The van der Waals surface area contributed by atoms with Gasteiger partial charge in [0.05, 0.1) is 126 Å². The molecule has 3 fully saturated rings. The van der Waals surface area contributed by atoms with Crippen LogP contribution in [0.3, 0.4) is 0 Å². The van der Waals surface area contributed by atoms with Crippen molar-refractivity contribution in [2.24, 2.45) is 17.2 Å². The fraction of sp³-hybridized carbons (Fsp3) is 0.444. The van der Waals surface area contributed by atoms with Gasteiger partial charge in [0, 0.05) is 126 Å². The van der Waals surface area contributed by atoms with Crippen molar-refractivity contribution in [3.8, 4) is 51.7 Å². The number of ketones is 9. The number of aromatic hydroxyl groups is 6. The molecule has 3 aliphatic heterocycles. The van der Waals surface area contributed by atoms with Crippen molar-refractivity contribution in [3.63, 3.8) is 0 Å². The number of hydrogen-bond donors (Lipinski definition) is 18. The van der Waals surface area contributed by atoms with Gasteiger partial charge >= 0.3 is 0 Å². The molecule has 0 amide bonds. The Morgan fingerprint density at radius 1 is 0.387 bits per heavy atom. The average Bonchev–Trinajstić information content (AvgIpc) is 0.719. The third kappa shape index (κ3) is 15.2. The Hall–Kier alpha value is -9.59. The second kappa shape index (κ2) is 34.1. The van der Waals surface area contributed by atoms with E-state index in [1.165, 1.54) is 75.9 Å². The average molecular weight is 1700 g/mol. The van der Waals surface area contributed by atoms with Gasteiger partial charge in [-0.15, -0.1) is 24.8 Å². The van der Waals surface area contributed by atoms with Crippen molar-refractivity contribution in [1.29, 1.82) is 0 Å². The third-order valence-corrected chi connectivity index (χ3v) is 23.4. The van der Waals surface area contributed by atoms with Crippen molar-refractivity contribution < 1.29 is 162 Å². The molecule has 640 valence electrons. The fourth-order valence-electron chi connectivity index (χ4n) is 17.3. The lowest BCUT2D eigenvalue weighted by atomic mass is 9.72. The molecule has 18 atom stereocenters. The van der Waals surface area contributed by atoms with Gasteiger partial charge in [-0.05, 0) is 39.0 Å². The molecule has 3 heterocycles. The molecule has 0 unspecified atom stereocenters. The second-order valence-electron chi connectivity index (χ2n) is 30.5. The van der Waals surface area contributed by atoms with E-state index in [9.17, 15) is 120 Å². The highest BCUT2D eigenvalue weighted by Gasteiger charge is 2.55. The number of hydrogen-bond acceptors (Lipinski definition) is 36. The van der Waals surface area contributed by atoms with E-state index in [1.54, 1.807) is 20.8 Å². The normalized spacial score (nSPS) is 29.3.